The second-order valence-electron chi connectivity index (χ2n) is 2.83. The van der Waals surface area contributed by atoms with Gasteiger partial charge in [-0.2, -0.15) is 0 Å². The summed E-state index contributed by atoms with van der Waals surface area (Å²) in [7, 11) is 1.99. The summed E-state index contributed by atoms with van der Waals surface area (Å²) in [6.45, 7) is 2.81. The zero-order valence-electron chi connectivity index (χ0n) is 7.41. The number of imidazole rings is 1. The van der Waals surface area contributed by atoms with Gasteiger partial charge in [-0.3, -0.25) is 4.90 Å². The molecule has 0 saturated heterocycles. The highest BCUT2D eigenvalue weighted by Gasteiger charge is 2.06. The van der Waals surface area contributed by atoms with Crippen LogP contribution in [-0.2, 0) is 6.54 Å². The minimum absolute atomic E-state index is 0.160. The van der Waals surface area contributed by atoms with Gasteiger partial charge in [0.05, 0.1) is 12.4 Å². The molecule has 1 rings (SSSR count). The van der Waals surface area contributed by atoms with Gasteiger partial charge in [-0.1, -0.05) is 5.92 Å². The summed E-state index contributed by atoms with van der Waals surface area (Å²) in [4.78, 5) is 9.03. The van der Waals surface area contributed by atoms with Gasteiger partial charge < -0.3 is 4.98 Å². The van der Waals surface area contributed by atoms with E-state index in [-0.39, 0.29) is 6.04 Å². The van der Waals surface area contributed by atoms with Crippen molar-refractivity contribution in [3.8, 4) is 12.3 Å². The van der Waals surface area contributed by atoms with Crippen LogP contribution in [-0.4, -0.2) is 28.0 Å². The van der Waals surface area contributed by atoms with Crippen molar-refractivity contribution in [3.63, 3.8) is 0 Å². The maximum Gasteiger partial charge on any atom is 0.0922 e. The largest absolute Gasteiger partial charge is 0.347 e. The first kappa shape index (κ1) is 8.82. The fraction of sp³-hybridized carbons (Fsp3) is 0.444. The summed E-state index contributed by atoms with van der Waals surface area (Å²) >= 11 is 0. The molecule has 1 atom stereocenters. The number of hydrogen-bond acceptors (Lipinski definition) is 2. The summed E-state index contributed by atoms with van der Waals surface area (Å²) in [6, 6.07) is 0.160. The Bertz CT molecular complexity index is 258. The van der Waals surface area contributed by atoms with Gasteiger partial charge in [0.15, 0.2) is 0 Å². The van der Waals surface area contributed by atoms with E-state index < -0.39 is 0 Å². The maximum atomic E-state index is 5.28. The van der Waals surface area contributed by atoms with Gasteiger partial charge in [0.1, 0.15) is 0 Å². The van der Waals surface area contributed by atoms with Crippen LogP contribution in [0.4, 0.5) is 0 Å². The number of aromatic amines is 1. The molecular weight excluding hydrogens is 150 g/mol. The van der Waals surface area contributed by atoms with E-state index in [0.29, 0.717) is 0 Å². The van der Waals surface area contributed by atoms with Crippen molar-refractivity contribution >= 4 is 0 Å². The van der Waals surface area contributed by atoms with Gasteiger partial charge in [0, 0.05) is 18.4 Å². The molecule has 3 heteroatoms. The topological polar surface area (TPSA) is 31.9 Å². The molecule has 0 aliphatic heterocycles. The monoisotopic (exact) mass is 163 g/mol. The van der Waals surface area contributed by atoms with Gasteiger partial charge in [-0.15, -0.1) is 6.42 Å². The van der Waals surface area contributed by atoms with Gasteiger partial charge in [-0.25, -0.2) is 4.98 Å². The van der Waals surface area contributed by atoms with Crippen molar-refractivity contribution in [1.29, 1.82) is 0 Å². The molecular formula is C9H13N3. The zero-order valence-corrected chi connectivity index (χ0v) is 7.41. The standard InChI is InChI=1S/C9H13N3/c1-4-8(2)12(3)6-9-5-10-7-11-9/h1,5,7-8H,6H2,2-3H3,(H,10,11). The highest BCUT2D eigenvalue weighted by atomic mass is 15.1. The summed E-state index contributed by atoms with van der Waals surface area (Å²) in [5, 5.41) is 0. The average molecular weight is 163 g/mol. The number of rotatable bonds is 3. The van der Waals surface area contributed by atoms with E-state index in [2.05, 4.69) is 20.8 Å². The number of nitrogens with one attached hydrogen (secondary N) is 1. The highest BCUT2D eigenvalue weighted by molar-refractivity contribution is 5.00. The van der Waals surface area contributed by atoms with E-state index in [9.17, 15) is 0 Å². The lowest BCUT2D eigenvalue weighted by Crippen LogP contribution is -2.27. The predicted molar refractivity (Wildman–Crippen MR) is 48.3 cm³/mol. The minimum Gasteiger partial charge on any atom is -0.347 e. The van der Waals surface area contributed by atoms with Crippen LogP contribution < -0.4 is 0 Å². The number of terminal acetylenes is 1. The SMILES string of the molecule is C#CC(C)N(C)Cc1cnc[nH]1. The van der Waals surface area contributed by atoms with E-state index in [4.69, 9.17) is 6.42 Å². The number of nitrogens with zero attached hydrogens (tertiary/aromatic N) is 2. The molecule has 1 unspecified atom stereocenters. The van der Waals surface area contributed by atoms with E-state index in [1.807, 2.05) is 14.0 Å². The first-order chi connectivity index (χ1) is 5.74. The van der Waals surface area contributed by atoms with Crippen LogP contribution in [0.1, 0.15) is 12.6 Å². The molecule has 0 bridgehead atoms. The van der Waals surface area contributed by atoms with E-state index in [0.717, 1.165) is 12.2 Å². The molecule has 0 radical (unpaired) electrons. The van der Waals surface area contributed by atoms with E-state index >= 15 is 0 Å². The third kappa shape index (κ3) is 2.11. The Morgan fingerprint density at radius 2 is 2.58 bits per heavy atom. The van der Waals surface area contributed by atoms with Crippen LogP contribution in [0.25, 0.3) is 0 Å². The zero-order chi connectivity index (χ0) is 8.97. The third-order valence-electron chi connectivity index (χ3n) is 1.88. The molecule has 1 aromatic rings. The smallest absolute Gasteiger partial charge is 0.0922 e. The Labute approximate surface area is 72.8 Å². The van der Waals surface area contributed by atoms with Crippen molar-refractivity contribution in [2.24, 2.45) is 0 Å². The second-order valence-corrected chi connectivity index (χ2v) is 2.83. The molecule has 0 aliphatic rings. The molecule has 1 aromatic heterocycles. The molecule has 1 heterocycles. The fourth-order valence-corrected chi connectivity index (χ4v) is 0.904. The normalized spacial score (nSPS) is 12.8. The van der Waals surface area contributed by atoms with E-state index in [1.165, 1.54) is 0 Å². The summed E-state index contributed by atoms with van der Waals surface area (Å²) in [5.74, 6) is 2.67. The van der Waals surface area contributed by atoms with E-state index in [1.54, 1.807) is 12.5 Å². The third-order valence-corrected chi connectivity index (χ3v) is 1.88. The minimum atomic E-state index is 0.160. The Morgan fingerprint density at radius 1 is 1.83 bits per heavy atom. The lowest BCUT2D eigenvalue weighted by Gasteiger charge is -2.18. The Morgan fingerprint density at radius 3 is 3.08 bits per heavy atom. The summed E-state index contributed by atoms with van der Waals surface area (Å²) in [6.07, 6.45) is 8.76. The molecule has 0 amide bonds. The van der Waals surface area contributed by atoms with Gasteiger partial charge in [0.2, 0.25) is 0 Å². The predicted octanol–water partition coefficient (Wildman–Crippen LogP) is 0.863. The second kappa shape index (κ2) is 3.93. The Hall–Kier alpha value is -1.27. The number of H-pyrrole nitrogens is 1. The molecule has 0 saturated carbocycles. The van der Waals surface area contributed by atoms with Crippen molar-refractivity contribution in [3.05, 3.63) is 18.2 Å². The van der Waals surface area contributed by atoms with Crippen LogP contribution in [0.5, 0.6) is 0 Å². The fourth-order valence-electron chi connectivity index (χ4n) is 0.904. The quantitative estimate of drug-likeness (QED) is 0.670. The van der Waals surface area contributed by atoms with Crippen molar-refractivity contribution in [2.45, 2.75) is 19.5 Å². The van der Waals surface area contributed by atoms with Crippen molar-refractivity contribution in [2.75, 3.05) is 7.05 Å². The lowest BCUT2D eigenvalue weighted by molar-refractivity contribution is 0.293. The molecule has 3 nitrogen and oxygen atoms in total. The number of hydrogen-bond donors (Lipinski definition) is 1. The lowest BCUT2D eigenvalue weighted by atomic mass is 10.3. The van der Waals surface area contributed by atoms with Crippen LogP contribution in [0, 0.1) is 12.3 Å². The Balaban J connectivity index is 2.48. The van der Waals surface area contributed by atoms with Crippen LogP contribution in [0.2, 0.25) is 0 Å². The molecule has 0 aliphatic carbocycles. The molecule has 1 N–H and O–H groups in total. The van der Waals surface area contributed by atoms with Crippen LogP contribution in [0.3, 0.4) is 0 Å². The van der Waals surface area contributed by atoms with Gasteiger partial charge in [-0.05, 0) is 14.0 Å². The molecule has 0 spiro atoms. The van der Waals surface area contributed by atoms with Crippen LogP contribution >= 0.6 is 0 Å². The van der Waals surface area contributed by atoms with Crippen molar-refractivity contribution in [1.82, 2.24) is 14.9 Å². The molecule has 64 valence electrons. The maximum absolute atomic E-state index is 5.28. The summed E-state index contributed by atoms with van der Waals surface area (Å²) < 4.78 is 0. The summed E-state index contributed by atoms with van der Waals surface area (Å²) in [5.41, 5.74) is 1.08. The average Bonchev–Trinajstić information content (AvgIpc) is 2.55. The molecule has 12 heavy (non-hydrogen) atoms. The van der Waals surface area contributed by atoms with Crippen molar-refractivity contribution < 1.29 is 0 Å². The molecule has 0 fully saturated rings. The number of aromatic nitrogens is 2. The van der Waals surface area contributed by atoms with Crippen LogP contribution in [0.15, 0.2) is 12.5 Å². The van der Waals surface area contributed by atoms with Gasteiger partial charge in [0.25, 0.3) is 0 Å². The first-order valence-electron chi connectivity index (χ1n) is 3.87. The van der Waals surface area contributed by atoms with Gasteiger partial charge >= 0.3 is 0 Å². The first-order valence-corrected chi connectivity index (χ1v) is 3.87. The molecule has 0 aromatic carbocycles. The highest BCUT2D eigenvalue weighted by Crippen LogP contribution is 2.00. The Kier molecular flexibility index (Phi) is 2.89.